The van der Waals surface area contributed by atoms with Gasteiger partial charge in [-0.15, -0.1) is 0 Å². The van der Waals surface area contributed by atoms with Crippen LogP contribution in [-0.4, -0.2) is 18.0 Å². The van der Waals surface area contributed by atoms with E-state index in [1.54, 1.807) is 35.9 Å². The van der Waals surface area contributed by atoms with Gasteiger partial charge in [0.25, 0.3) is 10.0 Å². The molecule has 90 valence electrons. The van der Waals surface area contributed by atoms with Crippen molar-refractivity contribution in [3.8, 4) is 0 Å². The Hall–Kier alpha value is -1.53. The van der Waals surface area contributed by atoms with Crippen molar-refractivity contribution in [1.82, 2.24) is 9.55 Å². The summed E-state index contributed by atoms with van der Waals surface area (Å²) in [6.07, 6.45) is 2.86. The van der Waals surface area contributed by atoms with Gasteiger partial charge < -0.3 is 4.57 Å². The van der Waals surface area contributed by atoms with Crippen molar-refractivity contribution in [2.24, 2.45) is 7.05 Å². The normalized spacial score (nSPS) is 11.4. The summed E-state index contributed by atoms with van der Waals surface area (Å²) in [5.74, 6) is 0. The first-order chi connectivity index (χ1) is 7.97. The molecule has 0 radical (unpaired) electrons. The number of hydrogen-bond acceptors (Lipinski definition) is 3. The molecule has 1 aromatic heterocycles. The molecule has 0 aliphatic heterocycles. The van der Waals surface area contributed by atoms with Crippen LogP contribution in [0.4, 0.5) is 5.69 Å². The van der Waals surface area contributed by atoms with Crippen LogP contribution in [0.15, 0.2) is 41.8 Å². The van der Waals surface area contributed by atoms with E-state index < -0.39 is 10.0 Å². The van der Waals surface area contributed by atoms with Gasteiger partial charge in [0.05, 0.1) is 6.33 Å². The fourth-order valence-corrected chi connectivity index (χ4v) is 2.42. The number of benzene rings is 1. The first kappa shape index (κ1) is 11.9. The third-order valence-corrected chi connectivity index (χ3v) is 3.57. The molecule has 0 spiro atoms. The monoisotopic (exact) mass is 271 g/mol. The van der Waals surface area contributed by atoms with Crippen LogP contribution in [-0.2, 0) is 17.1 Å². The number of imidazole rings is 1. The third-order valence-electron chi connectivity index (χ3n) is 2.05. The Morgan fingerprint density at radius 2 is 1.94 bits per heavy atom. The molecule has 0 aliphatic carbocycles. The van der Waals surface area contributed by atoms with Crippen LogP contribution in [0.2, 0.25) is 5.02 Å². The summed E-state index contributed by atoms with van der Waals surface area (Å²) in [5.41, 5.74) is 0.444. The van der Waals surface area contributed by atoms with Crippen molar-refractivity contribution in [3.05, 3.63) is 41.8 Å². The fourth-order valence-electron chi connectivity index (χ4n) is 1.25. The highest BCUT2D eigenvalue weighted by atomic mass is 35.5. The van der Waals surface area contributed by atoms with Gasteiger partial charge in [0.15, 0.2) is 5.03 Å². The van der Waals surface area contributed by atoms with E-state index in [9.17, 15) is 8.42 Å². The highest BCUT2D eigenvalue weighted by Crippen LogP contribution is 2.17. The lowest BCUT2D eigenvalue weighted by atomic mass is 10.3. The summed E-state index contributed by atoms with van der Waals surface area (Å²) >= 11 is 5.71. The molecule has 0 saturated heterocycles. The van der Waals surface area contributed by atoms with Crippen LogP contribution in [0.3, 0.4) is 0 Å². The lowest BCUT2D eigenvalue weighted by Crippen LogP contribution is -2.13. The molecule has 7 heteroatoms. The number of anilines is 1. The van der Waals surface area contributed by atoms with Crippen LogP contribution in [0.1, 0.15) is 0 Å². The predicted molar refractivity (Wildman–Crippen MR) is 65.5 cm³/mol. The van der Waals surface area contributed by atoms with Gasteiger partial charge >= 0.3 is 0 Å². The van der Waals surface area contributed by atoms with Gasteiger partial charge in [-0.25, -0.2) is 4.98 Å². The van der Waals surface area contributed by atoms with Crippen molar-refractivity contribution >= 4 is 27.3 Å². The zero-order valence-corrected chi connectivity index (χ0v) is 10.5. The van der Waals surface area contributed by atoms with Crippen LogP contribution >= 0.6 is 11.6 Å². The van der Waals surface area contributed by atoms with Crippen LogP contribution in [0.5, 0.6) is 0 Å². The molecule has 0 unspecified atom stereocenters. The maximum absolute atomic E-state index is 11.9. The predicted octanol–water partition coefficient (Wildman–Crippen LogP) is 1.87. The van der Waals surface area contributed by atoms with Crippen LogP contribution in [0.25, 0.3) is 0 Å². The molecular formula is C10H10ClN3O2S. The van der Waals surface area contributed by atoms with Crippen LogP contribution < -0.4 is 4.72 Å². The number of aromatic nitrogens is 2. The van der Waals surface area contributed by atoms with E-state index in [1.807, 2.05) is 0 Å². The lowest BCUT2D eigenvalue weighted by Gasteiger charge is -2.05. The molecule has 0 saturated carbocycles. The summed E-state index contributed by atoms with van der Waals surface area (Å²) < 4.78 is 27.7. The smallest absolute Gasteiger partial charge is 0.280 e. The number of hydrogen-bond donors (Lipinski definition) is 1. The minimum Gasteiger partial charge on any atom is -0.339 e. The molecule has 2 rings (SSSR count). The highest BCUT2D eigenvalue weighted by Gasteiger charge is 2.16. The summed E-state index contributed by atoms with van der Waals surface area (Å²) in [4.78, 5) is 3.79. The second kappa shape index (κ2) is 4.38. The van der Waals surface area contributed by atoms with Gasteiger partial charge in [0.2, 0.25) is 0 Å². The Morgan fingerprint density at radius 1 is 1.29 bits per heavy atom. The minimum absolute atomic E-state index is 0.0186. The Kier molecular flexibility index (Phi) is 3.08. The topological polar surface area (TPSA) is 64.0 Å². The molecule has 0 fully saturated rings. The SMILES string of the molecule is Cn1cnc(S(=O)(=O)Nc2ccc(Cl)cc2)c1. The van der Waals surface area contributed by atoms with E-state index in [0.29, 0.717) is 10.7 Å². The zero-order chi connectivity index (χ0) is 12.5. The van der Waals surface area contributed by atoms with Gasteiger partial charge in [-0.3, -0.25) is 4.72 Å². The molecule has 0 aliphatic rings. The minimum atomic E-state index is -3.63. The van der Waals surface area contributed by atoms with Gasteiger partial charge in [0, 0.05) is 24.0 Å². The van der Waals surface area contributed by atoms with Gasteiger partial charge in [-0.2, -0.15) is 8.42 Å². The number of sulfonamides is 1. The van der Waals surface area contributed by atoms with E-state index in [2.05, 4.69) is 9.71 Å². The molecular weight excluding hydrogens is 262 g/mol. The summed E-state index contributed by atoms with van der Waals surface area (Å²) in [6.45, 7) is 0. The second-order valence-corrected chi connectivity index (χ2v) is 5.56. The lowest BCUT2D eigenvalue weighted by molar-refractivity contribution is 0.598. The molecule has 1 aromatic carbocycles. The summed E-state index contributed by atoms with van der Waals surface area (Å²) in [5, 5.41) is 0.528. The van der Waals surface area contributed by atoms with Crippen molar-refractivity contribution in [2.45, 2.75) is 5.03 Å². The van der Waals surface area contributed by atoms with Crippen molar-refractivity contribution in [2.75, 3.05) is 4.72 Å². The van der Waals surface area contributed by atoms with Crippen molar-refractivity contribution in [3.63, 3.8) is 0 Å². The third kappa shape index (κ3) is 2.78. The Morgan fingerprint density at radius 3 is 2.47 bits per heavy atom. The van der Waals surface area contributed by atoms with Crippen molar-refractivity contribution in [1.29, 1.82) is 0 Å². The first-order valence-corrected chi connectivity index (χ1v) is 6.60. The first-order valence-electron chi connectivity index (χ1n) is 4.74. The summed E-state index contributed by atoms with van der Waals surface area (Å²) in [7, 11) is -1.93. The standard InChI is InChI=1S/C10H10ClN3O2S/c1-14-6-10(12-7-14)17(15,16)13-9-4-2-8(11)3-5-9/h2-7,13H,1H3. The molecule has 17 heavy (non-hydrogen) atoms. The maximum Gasteiger partial charge on any atom is 0.280 e. The summed E-state index contributed by atoms with van der Waals surface area (Å²) in [6, 6.07) is 6.39. The number of halogens is 1. The molecule has 5 nitrogen and oxygen atoms in total. The van der Waals surface area contributed by atoms with Gasteiger partial charge in [-0.05, 0) is 24.3 Å². The second-order valence-electron chi connectivity index (χ2n) is 3.49. The highest BCUT2D eigenvalue weighted by molar-refractivity contribution is 7.92. The molecule has 2 aromatic rings. The van der Waals surface area contributed by atoms with E-state index in [0.717, 1.165) is 0 Å². The average Bonchev–Trinajstić information content (AvgIpc) is 2.69. The largest absolute Gasteiger partial charge is 0.339 e. The van der Waals surface area contributed by atoms with E-state index >= 15 is 0 Å². The number of nitrogens with zero attached hydrogens (tertiary/aromatic N) is 2. The zero-order valence-electron chi connectivity index (χ0n) is 8.96. The molecule has 0 amide bonds. The van der Waals surface area contributed by atoms with Crippen LogP contribution in [0, 0.1) is 0 Å². The number of aryl methyl sites for hydroxylation is 1. The molecule has 1 heterocycles. The van der Waals surface area contributed by atoms with Gasteiger partial charge in [0.1, 0.15) is 0 Å². The average molecular weight is 272 g/mol. The van der Waals surface area contributed by atoms with E-state index in [1.165, 1.54) is 12.5 Å². The molecule has 1 N–H and O–H groups in total. The quantitative estimate of drug-likeness (QED) is 0.927. The van der Waals surface area contributed by atoms with E-state index in [-0.39, 0.29) is 5.03 Å². The number of rotatable bonds is 3. The number of nitrogens with one attached hydrogen (secondary N) is 1. The molecule has 0 atom stereocenters. The maximum atomic E-state index is 11.9. The Balaban J connectivity index is 2.26. The van der Waals surface area contributed by atoms with Crippen molar-refractivity contribution < 1.29 is 8.42 Å². The molecule has 0 bridgehead atoms. The fraction of sp³-hybridized carbons (Fsp3) is 0.100. The van der Waals surface area contributed by atoms with E-state index in [4.69, 9.17) is 11.6 Å². The Bertz CT molecular complexity index is 619. The van der Waals surface area contributed by atoms with Gasteiger partial charge in [-0.1, -0.05) is 11.6 Å². The Labute approximate surface area is 104 Å².